The zero-order valence-corrected chi connectivity index (χ0v) is 12.5. The molecule has 1 aliphatic carbocycles. The number of halogens is 2. The Hall–Kier alpha value is -2.03. The number of carbonyl (C=O) groups excluding carboxylic acids is 1. The van der Waals surface area contributed by atoms with Crippen molar-refractivity contribution < 1.29 is 13.6 Å². The molecule has 0 bridgehead atoms. The topological polar surface area (TPSA) is 17.1 Å². The van der Waals surface area contributed by atoms with Gasteiger partial charge in [0.25, 0.3) is 0 Å². The molecule has 3 heteroatoms. The largest absolute Gasteiger partial charge is 0.299 e. The van der Waals surface area contributed by atoms with Crippen LogP contribution in [0.3, 0.4) is 0 Å². The molecular weight excluding hydrogens is 282 g/mol. The fourth-order valence-corrected chi connectivity index (χ4v) is 3.32. The summed E-state index contributed by atoms with van der Waals surface area (Å²) in [6, 6.07) is 9.23. The van der Waals surface area contributed by atoms with Crippen LogP contribution in [0.2, 0.25) is 0 Å². The average Bonchev–Trinajstić information content (AvgIpc) is 2.64. The zero-order chi connectivity index (χ0) is 15.7. The van der Waals surface area contributed by atoms with Crippen LogP contribution in [0.1, 0.15) is 47.9 Å². The highest BCUT2D eigenvalue weighted by molar-refractivity contribution is 5.90. The Morgan fingerprint density at radius 2 is 1.50 bits per heavy atom. The van der Waals surface area contributed by atoms with Gasteiger partial charge in [-0.25, -0.2) is 8.78 Å². The minimum atomic E-state index is -0.409. The van der Waals surface area contributed by atoms with E-state index in [1.807, 2.05) is 6.92 Å². The predicted octanol–water partition coefficient (Wildman–Crippen LogP) is 4.56. The molecule has 1 nitrogen and oxygen atoms in total. The second-order valence-electron chi connectivity index (χ2n) is 5.84. The fourth-order valence-electron chi connectivity index (χ4n) is 3.32. The lowest BCUT2D eigenvalue weighted by molar-refractivity contribution is -0.119. The van der Waals surface area contributed by atoms with E-state index >= 15 is 0 Å². The van der Waals surface area contributed by atoms with Crippen LogP contribution in [-0.2, 0) is 17.6 Å². The summed E-state index contributed by atoms with van der Waals surface area (Å²) in [5, 5.41) is 0. The minimum absolute atomic E-state index is 0.116. The highest BCUT2D eigenvalue weighted by Crippen LogP contribution is 2.36. The summed E-state index contributed by atoms with van der Waals surface area (Å²) in [6.07, 6.45) is 2.49. The Labute approximate surface area is 129 Å². The van der Waals surface area contributed by atoms with Gasteiger partial charge in [-0.05, 0) is 65.8 Å². The molecule has 0 saturated heterocycles. The highest BCUT2D eigenvalue weighted by Gasteiger charge is 2.29. The van der Waals surface area contributed by atoms with Gasteiger partial charge in [0.15, 0.2) is 0 Å². The third kappa shape index (κ3) is 2.68. The molecule has 0 unspecified atom stereocenters. The highest BCUT2D eigenvalue weighted by atomic mass is 19.1. The molecule has 0 spiro atoms. The van der Waals surface area contributed by atoms with Gasteiger partial charge in [0.2, 0.25) is 0 Å². The van der Waals surface area contributed by atoms with Gasteiger partial charge in [-0.3, -0.25) is 4.79 Å². The first-order chi connectivity index (χ1) is 10.6. The van der Waals surface area contributed by atoms with Crippen molar-refractivity contribution in [2.24, 2.45) is 0 Å². The van der Waals surface area contributed by atoms with Crippen LogP contribution in [0.15, 0.2) is 36.4 Å². The molecule has 0 radical (unpaired) electrons. The number of Topliss-reactive ketones (excluding diaryl/α,β-unsaturated/α-hetero) is 1. The van der Waals surface area contributed by atoms with E-state index in [4.69, 9.17) is 0 Å². The second kappa shape index (κ2) is 5.99. The minimum Gasteiger partial charge on any atom is -0.299 e. The van der Waals surface area contributed by atoms with Crippen LogP contribution in [0.4, 0.5) is 8.78 Å². The lowest BCUT2D eigenvalue weighted by Crippen LogP contribution is -2.15. The molecule has 114 valence electrons. The van der Waals surface area contributed by atoms with Crippen molar-refractivity contribution in [3.05, 3.63) is 70.3 Å². The standard InChI is InChI=1S/C19H18F2O/c1-2-3-18(22)19-16-8-6-14(20)10-12(16)4-5-13-11-15(21)7-9-17(13)19/h6-11,19H,2-5H2,1H3. The fraction of sp³-hybridized carbons (Fsp3) is 0.316. The lowest BCUT2D eigenvalue weighted by Gasteiger charge is -2.19. The summed E-state index contributed by atoms with van der Waals surface area (Å²) < 4.78 is 27.1. The monoisotopic (exact) mass is 300 g/mol. The molecule has 0 heterocycles. The van der Waals surface area contributed by atoms with E-state index in [2.05, 4.69) is 0 Å². The molecule has 0 aliphatic heterocycles. The first-order valence-corrected chi connectivity index (χ1v) is 7.69. The molecule has 2 aromatic carbocycles. The van der Waals surface area contributed by atoms with Gasteiger partial charge in [-0.15, -0.1) is 0 Å². The maximum Gasteiger partial charge on any atom is 0.144 e. The van der Waals surface area contributed by atoms with Gasteiger partial charge in [0, 0.05) is 6.42 Å². The summed E-state index contributed by atoms with van der Waals surface area (Å²) in [4.78, 5) is 12.7. The van der Waals surface area contributed by atoms with Crippen molar-refractivity contribution in [2.45, 2.75) is 38.5 Å². The van der Waals surface area contributed by atoms with Crippen LogP contribution in [-0.4, -0.2) is 5.78 Å². The Morgan fingerprint density at radius 3 is 1.95 bits per heavy atom. The maximum absolute atomic E-state index is 13.6. The molecule has 1 aliphatic rings. The Kier molecular flexibility index (Phi) is 4.06. The summed E-state index contributed by atoms with van der Waals surface area (Å²) in [7, 11) is 0. The molecule has 22 heavy (non-hydrogen) atoms. The van der Waals surface area contributed by atoms with Gasteiger partial charge < -0.3 is 0 Å². The van der Waals surface area contributed by atoms with Crippen molar-refractivity contribution in [2.75, 3.05) is 0 Å². The van der Waals surface area contributed by atoms with Crippen molar-refractivity contribution in [3.8, 4) is 0 Å². The number of aryl methyl sites for hydroxylation is 2. The van der Waals surface area contributed by atoms with E-state index < -0.39 is 5.92 Å². The SMILES string of the molecule is CCCC(=O)C1c2ccc(F)cc2CCc2cc(F)ccc21. The zero-order valence-electron chi connectivity index (χ0n) is 12.5. The van der Waals surface area contributed by atoms with Crippen molar-refractivity contribution >= 4 is 5.78 Å². The van der Waals surface area contributed by atoms with Crippen LogP contribution in [0.25, 0.3) is 0 Å². The van der Waals surface area contributed by atoms with E-state index in [0.717, 1.165) is 28.7 Å². The molecule has 0 atom stereocenters. The molecule has 0 fully saturated rings. The van der Waals surface area contributed by atoms with E-state index in [1.54, 1.807) is 12.1 Å². The Bertz CT molecular complexity index is 668. The van der Waals surface area contributed by atoms with E-state index in [9.17, 15) is 13.6 Å². The summed E-state index contributed by atoms with van der Waals surface area (Å²) in [5.74, 6) is -0.881. The van der Waals surface area contributed by atoms with Crippen molar-refractivity contribution in [1.29, 1.82) is 0 Å². The van der Waals surface area contributed by atoms with Crippen LogP contribution < -0.4 is 0 Å². The maximum atomic E-state index is 13.6. The number of ketones is 1. The average molecular weight is 300 g/mol. The normalized spacial score (nSPS) is 14.1. The molecule has 0 aromatic heterocycles. The van der Waals surface area contributed by atoms with Crippen molar-refractivity contribution in [3.63, 3.8) is 0 Å². The van der Waals surface area contributed by atoms with Crippen molar-refractivity contribution in [1.82, 2.24) is 0 Å². The molecule has 3 rings (SSSR count). The number of fused-ring (bicyclic) bond motifs is 2. The first kappa shape index (κ1) is 14.9. The molecule has 0 amide bonds. The van der Waals surface area contributed by atoms with Gasteiger partial charge in [-0.1, -0.05) is 19.1 Å². The molecule has 2 aromatic rings. The summed E-state index contributed by atoms with van der Waals surface area (Å²) >= 11 is 0. The lowest BCUT2D eigenvalue weighted by atomic mass is 9.83. The Balaban J connectivity index is 2.18. The van der Waals surface area contributed by atoms with E-state index in [-0.39, 0.29) is 17.4 Å². The van der Waals surface area contributed by atoms with Crippen LogP contribution in [0.5, 0.6) is 0 Å². The summed E-state index contributed by atoms with van der Waals surface area (Å²) in [6.45, 7) is 1.96. The summed E-state index contributed by atoms with van der Waals surface area (Å²) in [5.41, 5.74) is 3.44. The van der Waals surface area contributed by atoms with Gasteiger partial charge in [-0.2, -0.15) is 0 Å². The van der Waals surface area contributed by atoms with E-state index in [1.165, 1.54) is 24.3 Å². The van der Waals surface area contributed by atoms with Crippen LogP contribution >= 0.6 is 0 Å². The number of carbonyl (C=O) groups is 1. The van der Waals surface area contributed by atoms with Gasteiger partial charge in [0.05, 0.1) is 5.92 Å². The van der Waals surface area contributed by atoms with Crippen LogP contribution in [0, 0.1) is 11.6 Å². The Morgan fingerprint density at radius 1 is 1.00 bits per heavy atom. The number of hydrogen-bond acceptors (Lipinski definition) is 1. The number of rotatable bonds is 3. The third-order valence-electron chi connectivity index (χ3n) is 4.31. The van der Waals surface area contributed by atoms with E-state index in [0.29, 0.717) is 19.3 Å². The number of benzene rings is 2. The van der Waals surface area contributed by atoms with Gasteiger partial charge >= 0.3 is 0 Å². The number of hydrogen-bond donors (Lipinski definition) is 0. The molecular formula is C19H18F2O. The first-order valence-electron chi connectivity index (χ1n) is 7.69. The molecule has 0 N–H and O–H groups in total. The second-order valence-corrected chi connectivity index (χ2v) is 5.84. The molecule has 0 saturated carbocycles. The third-order valence-corrected chi connectivity index (χ3v) is 4.31. The quantitative estimate of drug-likeness (QED) is 0.812. The smallest absolute Gasteiger partial charge is 0.144 e. The predicted molar refractivity (Wildman–Crippen MR) is 82.0 cm³/mol. The van der Waals surface area contributed by atoms with Gasteiger partial charge in [0.1, 0.15) is 17.4 Å².